The molecule has 0 aliphatic rings. The summed E-state index contributed by atoms with van der Waals surface area (Å²) in [5, 5.41) is 3.08. The highest BCUT2D eigenvalue weighted by Gasteiger charge is 2.26. The predicted octanol–water partition coefficient (Wildman–Crippen LogP) is 3.29. The molecule has 23 heavy (non-hydrogen) atoms. The van der Waals surface area contributed by atoms with Crippen LogP contribution in [0.1, 0.15) is 51.4 Å². The summed E-state index contributed by atoms with van der Waals surface area (Å²) in [4.78, 5) is 12.5. The second-order valence-corrected chi connectivity index (χ2v) is 8.85. The van der Waals surface area contributed by atoms with Crippen molar-refractivity contribution < 1.29 is 13.2 Å². The molecule has 0 aromatic heterocycles. The summed E-state index contributed by atoms with van der Waals surface area (Å²) in [7, 11) is -2.16. The topological polar surface area (TPSA) is 66.5 Å². The van der Waals surface area contributed by atoms with Gasteiger partial charge in [-0.3, -0.25) is 4.79 Å². The van der Waals surface area contributed by atoms with Crippen LogP contribution in [0.3, 0.4) is 0 Å². The first-order valence-corrected chi connectivity index (χ1v) is 9.34. The van der Waals surface area contributed by atoms with E-state index in [1.807, 2.05) is 20.8 Å². The highest BCUT2D eigenvalue weighted by Crippen LogP contribution is 2.24. The second kappa shape index (κ2) is 7.20. The molecule has 1 N–H and O–H groups in total. The van der Waals surface area contributed by atoms with Gasteiger partial charge >= 0.3 is 0 Å². The smallest absolute Gasteiger partial charge is 0.253 e. The molecule has 5 nitrogen and oxygen atoms in total. The van der Waals surface area contributed by atoms with Gasteiger partial charge in [-0.25, -0.2) is 8.42 Å². The van der Waals surface area contributed by atoms with Gasteiger partial charge < -0.3 is 5.32 Å². The molecule has 7 heteroatoms. The van der Waals surface area contributed by atoms with Gasteiger partial charge in [0.05, 0.1) is 15.5 Å². The van der Waals surface area contributed by atoms with Crippen LogP contribution in [0.5, 0.6) is 0 Å². The van der Waals surface area contributed by atoms with Crippen LogP contribution in [0, 0.1) is 0 Å². The van der Waals surface area contributed by atoms with E-state index >= 15 is 0 Å². The van der Waals surface area contributed by atoms with Crippen molar-refractivity contribution in [3.05, 3.63) is 28.8 Å². The number of hydrogen-bond donors (Lipinski definition) is 1. The molecule has 1 aromatic carbocycles. The number of rotatable bonds is 6. The summed E-state index contributed by atoms with van der Waals surface area (Å²) in [5.74, 6) is -0.383. The minimum atomic E-state index is -3.67. The zero-order valence-corrected chi connectivity index (χ0v) is 16.0. The van der Waals surface area contributed by atoms with Crippen molar-refractivity contribution in [1.82, 2.24) is 9.62 Å². The summed E-state index contributed by atoms with van der Waals surface area (Å²) < 4.78 is 26.4. The van der Waals surface area contributed by atoms with Crippen molar-refractivity contribution in [3.8, 4) is 0 Å². The Hall–Kier alpha value is -1.11. The van der Waals surface area contributed by atoms with Crippen molar-refractivity contribution in [2.45, 2.75) is 57.5 Å². The Morgan fingerprint density at radius 1 is 1.35 bits per heavy atom. The average Bonchev–Trinajstić information content (AvgIpc) is 2.45. The molecule has 1 rings (SSSR count). The van der Waals surface area contributed by atoms with E-state index < -0.39 is 15.6 Å². The maximum Gasteiger partial charge on any atom is 0.253 e. The fourth-order valence-corrected chi connectivity index (χ4v) is 3.34. The van der Waals surface area contributed by atoms with Crippen LogP contribution in [0.15, 0.2) is 23.1 Å². The Bertz CT molecular complexity index is 685. The molecule has 0 radical (unpaired) electrons. The minimum Gasteiger partial charge on any atom is -0.347 e. The molecule has 0 spiro atoms. The van der Waals surface area contributed by atoms with E-state index in [2.05, 4.69) is 5.32 Å². The standard InChI is InChI=1S/C16H25ClN2O3S/c1-7-16(4,5)18-15(20)13-10-12(8-9-14(13)17)23(21,22)19(6)11(2)3/h8-11H,7H2,1-6H3,(H,18,20). The number of sulfonamides is 1. The molecule has 0 fully saturated rings. The van der Waals surface area contributed by atoms with Gasteiger partial charge in [0.1, 0.15) is 0 Å². The minimum absolute atomic E-state index is 0.0533. The van der Waals surface area contributed by atoms with Gasteiger partial charge in [0.25, 0.3) is 5.91 Å². The number of carbonyl (C=O) groups excluding carboxylic acids is 1. The van der Waals surface area contributed by atoms with Gasteiger partial charge in [-0.15, -0.1) is 0 Å². The molecular weight excluding hydrogens is 336 g/mol. The number of hydrogen-bond acceptors (Lipinski definition) is 3. The van der Waals surface area contributed by atoms with E-state index in [-0.39, 0.29) is 27.4 Å². The molecule has 0 atom stereocenters. The van der Waals surface area contributed by atoms with Gasteiger partial charge in [-0.1, -0.05) is 18.5 Å². The summed E-state index contributed by atoms with van der Waals surface area (Å²) in [6.45, 7) is 9.31. The molecule has 0 unspecified atom stereocenters. The van der Waals surface area contributed by atoms with Crippen LogP contribution in [0.4, 0.5) is 0 Å². The van der Waals surface area contributed by atoms with Crippen molar-refractivity contribution in [3.63, 3.8) is 0 Å². The van der Waals surface area contributed by atoms with Gasteiger partial charge in [0.2, 0.25) is 10.0 Å². The number of carbonyl (C=O) groups is 1. The first-order chi connectivity index (χ1) is 10.4. The number of benzene rings is 1. The largest absolute Gasteiger partial charge is 0.347 e. The summed E-state index contributed by atoms with van der Waals surface area (Å²) in [5.41, 5.74) is -0.240. The molecule has 0 bridgehead atoms. The number of nitrogens with zero attached hydrogens (tertiary/aromatic N) is 1. The van der Waals surface area contributed by atoms with E-state index in [9.17, 15) is 13.2 Å². The lowest BCUT2D eigenvalue weighted by atomic mass is 10.0. The highest BCUT2D eigenvalue weighted by molar-refractivity contribution is 7.89. The first kappa shape index (κ1) is 19.9. The molecule has 1 aromatic rings. The number of amides is 1. The van der Waals surface area contributed by atoms with Crippen molar-refractivity contribution in [2.75, 3.05) is 7.05 Å². The Morgan fingerprint density at radius 2 is 1.91 bits per heavy atom. The molecule has 0 aliphatic carbocycles. The lowest BCUT2D eigenvalue weighted by Gasteiger charge is -2.25. The normalized spacial score (nSPS) is 12.7. The second-order valence-electron chi connectivity index (χ2n) is 6.45. The fourth-order valence-electron chi connectivity index (χ4n) is 1.75. The summed E-state index contributed by atoms with van der Waals surface area (Å²) >= 11 is 6.09. The maximum atomic E-state index is 12.6. The molecule has 0 aliphatic heterocycles. The zero-order valence-electron chi connectivity index (χ0n) is 14.5. The van der Waals surface area contributed by atoms with Gasteiger partial charge in [0.15, 0.2) is 0 Å². The Labute approximate surface area is 144 Å². The van der Waals surface area contributed by atoms with Crippen molar-refractivity contribution in [2.24, 2.45) is 0 Å². The third kappa shape index (κ3) is 4.68. The highest BCUT2D eigenvalue weighted by atomic mass is 35.5. The summed E-state index contributed by atoms with van der Waals surface area (Å²) in [6, 6.07) is 4.00. The first-order valence-electron chi connectivity index (χ1n) is 7.52. The van der Waals surface area contributed by atoms with Gasteiger partial charge in [-0.05, 0) is 52.3 Å². The third-order valence-corrected chi connectivity index (χ3v) is 6.28. The van der Waals surface area contributed by atoms with E-state index in [0.29, 0.717) is 0 Å². The monoisotopic (exact) mass is 360 g/mol. The van der Waals surface area contributed by atoms with E-state index in [1.54, 1.807) is 13.8 Å². The van der Waals surface area contributed by atoms with E-state index in [4.69, 9.17) is 11.6 Å². The van der Waals surface area contributed by atoms with Crippen molar-refractivity contribution >= 4 is 27.5 Å². The van der Waals surface area contributed by atoms with Crippen LogP contribution in [0.25, 0.3) is 0 Å². The molecule has 0 heterocycles. The van der Waals surface area contributed by atoms with Crippen LogP contribution in [-0.4, -0.2) is 37.3 Å². The van der Waals surface area contributed by atoms with Crippen LogP contribution in [-0.2, 0) is 10.0 Å². The van der Waals surface area contributed by atoms with Gasteiger partial charge in [-0.2, -0.15) is 4.31 Å². The Kier molecular flexibility index (Phi) is 6.24. The van der Waals surface area contributed by atoms with Crippen molar-refractivity contribution in [1.29, 1.82) is 0 Å². The Balaban J connectivity index is 3.26. The lowest BCUT2D eigenvalue weighted by Crippen LogP contribution is -2.43. The van der Waals surface area contributed by atoms with Crippen LogP contribution in [0.2, 0.25) is 5.02 Å². The quantitative estimate of drug-likeness (QED) is 0.846. The molecule has 130 valence electrons. The number of nitrogens with one attached hydrogen (secondary N) is 1. The van der Waals surface area contributed by atoms with E-state index in [1.165, 1.54) is 29.6 Å². The molecule has 0 saturated heterocycles. The SMILES string of the molecule is CCC(C)(C)NC(=O)c1cc(S(=O)(=O)N(C)C(C)C)ccc1Cl. The molecular formula is C16H25ClN2O3S. The number of halogens is 1. The average molecular weight is 361 g/mol. The third-order valence-electron chi connectivity index (χ3n) is 3.92. The van der Waals surface area contributed by atoms with E-state index in [0.717, 1.165) is 6.42 Å². The molecule has 1 amide bonds. The van der Waals surface area contributed by atoms with Crippen LogP contribution >= 0.6 is 11.6 Å². The summed E-state index contributed by atoms with van der Waals surface area (Å²) in [6.07, 6.45) is 0.741. The lowest BCUT2D eigenvalue weighted by molar-refractivity contribution is 0.0911. The maximum absolute atomic E-state index is 12.6. The Morgan fingerprint density at radius 3 is 2.39 bits per heavy atom. The fraction of sp³-hybridized carbons (Fsp3) is 0.562. The molecule has 0 saturated carbocycles. The zero-order chi connectivity index (χ0) is 18.0. The van der Waals surface area contributed by atoms with Crippen LogP contribution < -0.4 is 5.32 Å². The van der Waals surface area contributed by atoms with Gasteiger partial charge in [0, 0.05) is 18.6 Å². The predicted molar refractivity (Wildman–Crippen MR) is 93.4 cm³/mol.